The Bertz CT molecular complexity index is 1080. The standard InChI is InChI=1S/C25H29N3O4S2/c1-6-31-21-12-18(9-10-20(21)32-15-23(29)27(16(2)3)17(4)5)13-22-24(30)28(25(33)34-22)19-8-7-11-26-14-19/h7-14,16-17H,6,15H2,1-5H3/b22-13-. The van der Waals surface area contributed by atoms with Gasteiger partial charge in [0.1, 0.15) is 0 Å². The lowest BCUT2D eigenvalue weighted by atomic mass is 10.1. The van der Waals surface area contributed by atoms with E-state index in [0.29, 0.717) is 33.0 Å². The molecule has 180 valence electrons. The SMILES string of the molecule is CCOc1cc(/C=C2\SC(=S)N(c3cccnc3)C2=O)ccc1OCC(=O)N(C(C)C)C(C)C. The Kier molecular flexibility index (Phi) is 8.68. The lowest BCUT2D eigenvalue weighted by Crippen LogP contribution is -2.44. The zero-order chi connectivity index (χ0) is 24.8. The zero-order valence-corrected chi connectivity index (χ0v) is 21.6. The van der Waals surface area contributed by atoms with E-state index in [1.54, 1.807) is 47.6 Å². The van der Waals surface area contributed by atoms with Crippen molar-refractivity contribution in [3.8, 4) is 11.5 Å². The van der Waals surface area contributed by atoms with E-state index in [2.05, 4.69) is 4.98 Å². The number of amides is 2. The van der Waals surface area contributed by atoms with Crippen molar-refractivity contribution in [3.63, 3.8) is 0 Å². The number of ether oxygens (including phenoxy) is 2. The molecule has 0 aliphatic carbocycles. The molecule has 1 aliphatic heterocycles. The number of anilines is 1. The van der Waals surface area contributed by atoms with E-state index in [4.69, 9.17) is 21.7 Å². The van der Waals surface area contributed by atoms with Crippen LogP contribution in [-0.4, -0.2) is 51.3 Å². The summed E-state index contributed by atoms with van der Waals surface area (Å²) in [5, 5.41) is 0. The second-order valence-electron chi connectivity index (χ2n) is 8.14. The second-order valence-corrected chi connectivity index (χ2v) is 9.82. The summed E-state index contributed by atoms with van der Waals surface area (Å²) in [7, 11) is 0. The highest BCUT2D eigenvalue weighted by Gasteiger charge is 2.33. The van der Waals surface area contributed by atoms with Crippen LogP contribution in [-0.2, 0) is 9.59 Å². The van der Waals surface area contributed by atoms with Gasteiger partial charge in [0.2, 0.25) is 0 Å². The Morgan fingerprint density at radius 2 is 1.91 bits per heavy atom. The molecule has 0 saturated carbocycles. The van der Waals surface area contributed by atoms with Gasteiger partial charge in [0.05, 0.1) is 23.4 Å². The molecule has 2 aromatic rings. The molecule has 3 rings (SSSR count). The van der Waals surface area contributed by atoms with Gasteiger partial charge in [-0.1, -0.05) is 30.0 Å². The Balaban J connectivity index is 1.79. The lowest BCUT2D eigenvalue weighted by Gasteiger charge is -2.30. The first-order valence-corrected chi connectivity index (χ1v) is 12.3. The molecule has 1 aromatic carbocycles. The fraction of sp³-hybridized carbons (Fsp3) is 0.360. The fourth-order valence-corrected chi connectivity index (χ4v) is 5.01. The first-order valence-electron chi connectivity index (χ1n) is 11.1. The van der Waals surface area contributed by atoms with Crippen molar-refractivity contribution >= 4 is 51.9 Å². The normalized spacial score (nSPS) is 14.9. The summed E-state index contributed by atoms with van der Waals surface area (Å²) in [6.45, 7) is 10.1. The van der Waals surface area contributed by atoms with Crippen molar-refractivity contribution in [1.29, 1.82) is 0 Å². The average Bonchev–Trinajstić information content (AvgIpc) is 3.06. The molecule has 1 saturated heterocycles. The second kappa shape index (κ2) is 11.5. The molecule has 34 heavy (non-hydrogen) atoms. The number of nitrogens with zero attached hydrogens (tertiary/aromatic N) is 3. The van der Waals surface area contributed by atoms with E-state index in [-0.39, 0.29) is 30.5 Å². The van der Waals surface area contributed by atoms with Gasteiger partial charge in [0.15, 0.2) is 22.4 Å². The van der Waals surface area contributed by atoms with Gasteiger partial charge < -0.3 is 14.4 Å². The van der Waals surface area contributed by atoms with Crippen LogP contribution >= 0.6 is 24.0 Å². The van der Waals surface area contributed by atoms with Gasteiger partial charge >= 0.3 is 0 Å². The number of rotatable bonds is 9. The minimum Gasteiger partial charge on any atom is -0.490 e. The number of thioether (sulfide) groups is 1. The summed E-state index contributed by atoms with van der Waals surface area (Å²) in [5.41, 5.74) is 1.40. The van der Waals surface area contributed by atoms with Crippen LogP contribution in [0, 0.1) is 0 Å². The van der Waals surface area contributed by atoms with Crippen molar-refractivity contribution in [2.24, 2.45) is 0 Å². The summed E-state index contributed by atoms with van der Waals surface area (Å²) >= 11 is 6.65. The molecule has 0 radical (unpaired) electrons. The molecule has 0 atom stereocenters. The minimum atomic E-state index is -0.200. The molecule has 1 aromatic heterocycles. The Morgan fingerprint density at radius 1 is 1.18 bits per heavy atom. The van der Waals surface area contributed by atoms with E-state index >= 15 is 0 Å². The molecule has 9 heteroatoms. The molecule has 1 aliphatic rings. The predicted octanol–water partition coefficient (Wildman–Crippen LogP) is 4.91. The Labute approximate surface area is 210 Å². The monoisotopic (exact) mass is 499 g/mol. The van der Waals surface area contributed by atoms with Crippen molar-refractivity contribution in [1.82, 2.24) is 9.88 Å². The van der Waals surface area contributed by atoms with E-state index in [1.165, 1.54) is 16.7 Å². The zero-order valence-electron chi connectivity index (χ0n) is 20.0. The van der Waals surface area contributed by atoms with Gasteiger partial charge in [0.25, 0.3) is 11.8 Å². The van der Waals surface area contributed by atoms with Gasteiger partial charge in [-0.25, -0.2) is 0 Å². The van der Waals surface area contributed by atoms with Gasteiger partial charge in [-0.2, -0.15) is 0 Å². The number of aromatic nitrogens is 1. The molecule has 0 N–H and O–H groups in total. The maximum atomic E-state index is 13.0. The quantitative estimate of drug-likeness (QED) is 0.359. The molecule has 1 fully saturated rings. The third-order valence-corrected chi connectivity index (χ3v) is 6.32. The third kappa shape index (κ3) is 5.95. The minimum absolute atomic E-state index is 0.0789. The summed E-state index contributed by atoms with van der Waals surface area (Å²) in [5.74, 6) is 0.695. The van der Waals surface area contributed by atoms with E-state index < -0.39 is 0 Å². The number of carbonyl (C=O) groups is 2. The fourth-order valence-electron chi connectivity index (χ4n) is 3.72. The average molecular weight is 500 g/mol. The molecule has 0 spiro atoms. The number of carbonyl (C=O) groups excluding carboxylic acids is 2. The van der Waals surface area contributed by atoms with Crippen LogP contribution in [0.25, 0.3) is 6.08 Å². The van der Waals surface area contributed by atoms with Crippen LogP contribution in [0.3, 0.4) is 0 Å². The summed E-state index contributed by atoms with van der Waals surface area (Å²) in [6, 6.07) is 9.08. The number of pyridine rings is 1. The smallest absolute Gasteiger partial charge is 0.270 e. The molecule has 2 heterocycles. The topological polar surface area (TPSA) is 72.0 Å². The molecule has 0 bridgehead atoms. The van der Waals surface area contributed by atoms with Crippen LogP contribution in [0.15, 0.2) is 47.6 Å². The van der Waals surface area contributed by atoms with Gasteiger partial charge in [-0.3, -0.25) is 19.5 Å². The van der Waals surface area contributed by atoms with Crippen molar-refractivity contribution in [3.05, 3.63) is 53.2 Å². The van der Waals surface area contributed by atoms with Crippen molar-refractivity contribution in [2.45, 2.75) is 46.7 Å². The van der Waals surface area contributed by atoms with E-state index in [1.807, 2.05) is 40.7 Å². The van der Waals surface area contributed by atoms with Crippen LogP contribution in [0.5, 0.6) is 11.5 Å². The maximum Gasteiger partial charge on any atom is 0.270 e. The molecular formula is C25H29N3O4S2. The first kappa shape index (κ1) is 25.7. The highest BCUT2D eigenvalue weighted by atomic mass is 32.2. The molecule has 2 amide bonds. The summed E-state index contributed by atoms with van der Waals surface area (Å²) in [6.07, 6.45) is 5.02. The van der Waals surface area contributed by atoms with Gasteiger partial charge in [-0.15, -0.1) is 0 Å². The maximum absolute atomic E-state index is 13.0. The summed E-state index contributed by atoms with van der Waals surface area (Å²) in [4.78, 5) is 33.5. The number of hydrogen-bond acceptors (Lipinski definition) is 7. The van der Waals surface area contributed by atoms with E-state index in [9.17, 15) is 9.59 Å². The van der Waals surface area contributed by atoms with Crippen LogP contribution in [0.1, 0.15) is 40.2 Å². The van der Waals surface area contributed by atoms with Gasteiger partial charge in [-0.05, 0) is 70.5 Å². The van der Waals surface area contributed by atoms with Crippen LogP contribution in [0.2, 0.25) is 0 Å². The van der Waals surface area contributed by atoms with Crippen LogP contribution < -0.4 is 14.4 Å². The highest BCUT2D eigenvalue weighted by Crippen LogP contribution is 2.37. The van der Waals surface area contributed by atoms with E-state index in [0.717, 1.165) is 5.56 Å². The Hall–Kier alpha value is -2.91. The molecule has 0 unspecified atom stereocenters. The number of thiocarbonyl (C=S) groups is 1. The highest BCUT2D eigenvalue weighted by molar-refractivity contribution is 8.27. The third-order valence-electron chi connectivity index (χ3n) is 5.02. The number of hydrogen-bond donors (Lipinski definition) is 0. The lowest BCUT2D eigenvalue weighted by molar-refractivity contribution is -0.137. The molecule has 7 nitrogen and oxygen atoms in total. The number of benzene rings is 1. The predicted molar refractivity (Wildman–Crippen MR) is 140 cm³/mol. The largest absolute Gasteiger partial charge is 0.490 e. The van der Waals surface area contributed by atoms with Crippen LogP contribution in [0.4, 0.5) is 5.69 Å². The molecular weight excluding hydrogens is 470 g/mol. The Morgan fingerprint density at radius 3 is 2.53 bits per heavy atom. The summed E-state index contributed by atoms with van der Waals surface area (Å²) < 4.78 is 12.0. The van der Waals surface area contributed by atoms with Gasteiger partial charge in [0, 0.05) is 18.3 Å². The van der Waals surface area contributed by atoms with Crippen molar-refractivity contribution < 1.29 is 19.1 Å². The first-order chi connectivity index (χ1) is 16.2. The van der Waals surface area contributed by atoms with Crippen molar-refractivity contribution in [2.75, 3.05) is 18.1 Å².